The fourth-order valence-corrected chi connectivity index (χ4v) is 2.34. The van der Waals surface area contributed by atoms with Gasteiger partial charge in [-0.15, -0.1) is 0 Å². The van der Waals surface area contributed by atoms with Gasteiger partial charge in [0.05, 0.1) is 6.61 Å². The van der Waals surface area contributed by atoms with E-state index >= 15 is 0 Å². The van der Waals surface area contributed by atoms with Crippen molar-refractivity contribution in [2.45, 2.75) is 25.1 Å². The molecule has 0 heterocycles. The Kier molecular flexibility index (Phi) is 4.31. The number of rotatable bonds is 5. The van der Waals surface area contributed by atoms with Crippen LogP contribution < -0.4 is 11.1 Å². The van der Waals surface area contributed by atoms with Crippen LogP contribution in [-0.4, -0.2) is 25.9 Å². The van der Waals surface area contributed by atoms with Crippen LogP contribution in [0.4, 0.5) is 18.9 Å². The maximum atomic E-state index is 11.9. The zero-order valence-electron chi connectivity index (χ0n) is 10.5. The maximum Gasteiger partial charge on any atom is 0.411 e. The van der Waals surface area contributed by atoms with Gasteiger partial charge < -0.3 is 15.8 Å². The van der Waals surface area contributed by atoms with E-state index in [4.69, 9.17) is 5.73 Å². The van der Waals surface area contributed by atoms with Gasteiger partial charge in [-0.05, 0) is 36.1 Å². The lowest BCUT2D eigenvalue weighted by Gasteiger charge is -2.14. The first-order valence-corrected chi connectivity index (χ1v) is 6.22. The van der Waals surface area contributed by atoms with Gasteiger partial charge >= 0.3 is 6.18 Å². The van der Waals surface area contributed by atoms with Crippen molar-refractivity contribution in [3.8, 4) is 0 Å². The molecule has 0 amide bonds. The molecule has 0 radical (unpaired) electrons. The van der Waals surface area contributed by atoms with Gasteiger partial charge in [-0.25, -0.2) is 0 Å². The molecule has 1 atom stereocenters. The molecule has 3 nitrogen and oxygen atoms in total. The second-order valence-corrected chi connectivity index (χ2v) is 4.67. The van der Waals surface area contributed by atoms with Crippen LogP contribution in [0.5, 0.6) is 0 Å². The van der Waals surface area contributed by atoms with Crippen LogP contribution in [0.3, 0.4) is 0 Å². The van der Waals surface area contributed by atoms with Crippen molar-refractivity contribution in [1.29, 1.82) is 0 Å². The van der Waals surface area contributed by atoms with E-state index in [1.165, 1.54) is 11.1 Å². The summed E-state index contributed by atoms with van der Waals surface area (Å²) in [4.78, 5) is 0. The number of nitrogens with two attached hydrogens (primary N) is 1. The van der Waals surface area contributed by atoms with Gasteiger partial charge in [0.2, 0.25) is 0 Å². The van der Waals surface area contributed by atoms with Gasteiger partial charge in [0.1, 0.15) is 6.61 Å². The molecular weight excluding hydrogens is 257 g/mol. The molecule has 1 aliphatic carbocycles. The second kappa shape index (κ2) is 5.79. The summed E-state index contributed by atoms with van der Waals surface area (Å²) in [6.45, 7) is -0.725. The fourth-order valence-electron chi connectivity index (χ4n) is 2.34. The zero-order valence-corrected chi connectivity index (χ0v) is 10.5. The Morgan fingerprint density at radius 2 is 2.16 bits per heavy atom. The summed E-state index contributed by atoms with van der Waals surface area (Å²) in [6, 6.07) is 5.97. The largest absolute Gasteiger partial charge is 0.411 e. The molecule has 0 aromatic heterocycles. The molecule has 1 aromatic carbocycles. The fraction of sp³-hybridized carbons (Fsp3) is 0.538. The van der Waals surface area contributed by atoms with Crippen LogP contribution in [0.25, 0.3) is 0 Å². The minimum atomic E-state index is -4.25. The number of halogens is 3. The highest BCUT2D eigenvalue weighted by atomic mass is 19.4. The van der Waals surface area contributed by atoms with Crippen molar-refractivity contribution in [2.24, 2.45) is 0 Å². The quantitative estimate of drug-likeness (QED) is 0.640. The lowest BCUT2D eigenvalue weighted by atomic mass is 10.1. The Labute approximate surface area is 109 Å². The summed E-state index contributed by atoms with van der Waals surface area (Å²) in [6.07, 6.45) is -2.36. The van der Waals surface area contributed by atoms with Crippen LogP contribution in [0, 0.1) is 0 Å². The minimum absolute atomic E-state index is 0.0559. The Morgan fingerprint density at radius 1 is 1.37 bits per heavy atom. The maximum absolute atomic E-state index is 11.9. The topological polar surface area (TPSA) is 47.3 Å². The number of anilines is 1. The van der Waals surface area contributed by atoms with E-state index in [-0.39, 0.29) is 12.6 Å². The van der Waals surface area contributed by atoms with Crippen molar-refractivity contribution in [3.05, 3.63) is 29.3 Å². The second-order valence-electron chi connectivity index (χ2n) is 4.67. The summed E-state index contributed by atoms with van der Waals surface area (Å²) >= 11 is 0. The third-order valence-corrected chi connectivity index (χ3v) is 3.15. The average molecular weight is 274 g/mol. The van der Waals surface area contributed by atoms with E-state index in [9.17, 15) is 13.2 Å². The molecule has 19 heavy (non-hydrogen) atoms. The van der Waals surface area contributed by atoms with Crippen LogP contribution in [0.1, 0.15) is 23.6 Å². The van der Waals surface area contributed by atoms with Gasteiger partial charge in [-0.2, -0.15) is 13.2 Å². The third kappa shape index (κ3) is 4.11. The Bertz CT molecular complexity index is 434. The van der Waals surface area contributed by atoms with Crippen molar-refractivity contribution in [1.82, 2.24) is 5.32 Å². The molecule has 0 saturated heterocycles. The first kappa shape index (κ1) is 14.1. The van der Waals surface area contributed by atoms with Crippen LogP contribution >= 0.6 is 0 Å². The zero-order chi connectivity index (χ0) is 13.9. The minimum Gasteiger partial charge on any atom is -0.399 e. The highest BCUT2D eigenvalue weighted by molar-refractivity contribution is 5.47. The molecule has 1 aliphatic rings. The predicted octanol–water partition coefficient (Wildman–Crippen LogP) is 2.42. The summed E-state index contributed by atoms with van der Waals surface area (Å²) in [5, 5.41) is 3.21. The van der Waals surface area contributed by atoms with Crippen molar-refractivity contribution < 1.29 is 17.9 Å². The van der Waals surface area contributed by atoms with E-state index in [2.05, 4.69) is 10.1 Å². The van der Waals surface area contributed by atoms with Crippen molar-refractivity contribution in [2.75, 3.05) is 25.5 Å². The van der Waals surface area contributed by atoms with Crippen molar-refractivity contribution in [3.63, 3.8) is 0 Å². The van der Waals surface area contributed by atoms with E-state index in [0.29, 0.717) is 6.54 Å². The van der Waals surface area contributed by atoms with Gasteiger partial charge in [-0.1, -0.05) is 6.07 Å². The first-order valence-electron chi connectivity index (χ1n) is 6.22. The molecule has 0 saturated carbocycles. The lowest BCUT2D eigenvalue weighted by molar-refractivity contribution is -0.173. The van der Waals surface area contributed by atoms with E-state index in [1.54, 1.807) is 0 Å². The number of nitrogen functional groups attached to an aromatic ring is 1. The predicted molar refractivity (Wildman–Crippen MR) is 66.8 cm³/mol. The SMILES string of the molecule is Nc1ccc2c(c1)CCC2NCCOCC(F)(F)F. The number of nitrogens with one attached hydrogen (secondary N) is 1. The first-order chi connectivity index (χ1) is 8.96. The molecule has 0 bridgehead atoms. The average Bonchev–Trinajstić information content (AvgIpc) is 2.69. The Balaban J connectivity index is 1.74. The number of benzene rings is 1. The lowest BCUT2D eigenvalue weighted by Crippen LogP contribution is -2.26. The van der Waals surface area contributed by atoms with E-state index in [0.717, 1.165) is 18.5 Å². The molecule has 6 heteroatoms. The monoisotopic (exact) mass is 274 g/mol. The van der Waals surface area contributed by atoms with Crippen molar-refractivity contribution >= 4 is 5.69 Å². The number of ether oxygens (including phenoxy) is 1. The van der Waals surface area contributed by atoms with E-state index < -0.39 is 12.8 Å². The standard InChI is InChI=1S/C13H17F3N2O/c14-13(15,16)8-19-6-5-18-12-4-1-9-7-10(17)2-3-11(9)12/h2-3,7,12,18H,1,4-6,8,17H2. The molecule has 1 aromatic rings. The van der Waals surface area contributed by atoms with Gasteiger partial charge in [0.15, 0.2) is 0 Å². The number of aryl methyl sites for hydroxylation is 1. The molecule has 106 valence electrons. The molecule has 0 spiro atoms. The molecular formula is C13H17F3N2O. The van der Waals surface area contributed by atoms with Crippen LogP contribution in [-0.2, 0) is 11.2 Å². The molecule has 1 unspecified atom stereocenters. The number of alkyl halides is 3. The Morgan fingerprint density at radius 3 is 2.89 bits per heavy atom. The Hall–Kier alpha value is -1.27. The highest BCUT2D eigenvalue weighted by Crippen LogP contribution is 2.32. The third-order valence-electron chi connectivity index (χ3n) is 3.15. The molecule has 3 N–H and O–H groups in total. The summed E-state index contributed by atoms with van der Waals surface area (Å²) in [7, 11) is 0. The molecule has 0 fully saturated rings. The highest BCUT2D eigenvalue weighted by Gasteiger charge is 2.27. The van der Waals surface area contributed by atoms with E-state index in [1.807, 2.05) is 18.2 Å². The summed E-state index contributed by atoms with van der Waals surface area (Å²) < 4.78 is 40.1. The normalized spacial score (nSPS) is 18.6. The van der Waals surface area contributed by atoms with Gasteiger partial charge in [-0.3, -0.25) is 0 Å². The van der Waals surface area contributed by atoms with Gasteiger partial charge in [0.25, 0.3) is 0 Å². The van der Waals surface area contributed by atoms with Crippen LogP contribution in [0.2, 0.25) is 0 Å². The smallest absolute Gasteiger partial charge is 0.399 e. The number of fused-ring (bicyclic) bond motifs is 1. The number of hydrogen-bond donors (Lipinski definition) is 2. The molecule has 0 aliphatic heterocycles. The van der Waals surface area contributed by atoms with Gasteiger partial charge in [0, 0.05) is 18.3 Å². The molecule has 2 rings (SSSR count). The summed E-state index contributed by atoms with van der Waals surface area (Å²) in [5.74, 6) is 0. The summed E-state index contributed by atoms with van der Waals surface area (Å²) in [5.41, 5.74) is 8.85. The number of hydrogen-bond acceptors (Lipinski definition) is 3. The van der Waals surface area contributed by atoms with Crippen LogP contribution in [0.15, 0.2) is 18.2 Å².